The van der Waals surface area contributed by atoms with Crippen molar-refractivity contribution in [3.8, 4) is 11.3 Å². The number of benzene rings is 2. The Morgan fingerprint density at radius 2 is 1.79 bits per heavy atom. The van der Waals surface area contributed by atoms with Gasteiger partial charge in [0.25, 0.3) is 0 Å². The largest absolute Gasteiger partial charge is 0.309 e. The molecule has 3 nitrogen and oxygen atoms in total. The summed E-state index contributed by atoms with van der Waals surface area (Å²) in [4.78, 5) is 0. The zero-order chi connectivity index (χ0) is 16.4. The quantitative estimate of drug-likeness (QED) is 0.758. The molecule has 0 aliphatic carbocycles. The molecular weight excluding hydrogens is 318 g/mol. The van der Waals surface area contributed by atoms with Crippen LogP contribution in [0.4, 0.5) is 0 Å². The maximum atomic E-state index is 6.03. The number of halogens is 1. The molecule has 0 atom stereocenters. The van der Waals surface area contributed by atoms with Crippen LogP contribution < -0.4 is 5.32 Å². The van der Waals surface area contributed by atoms with Crippen LogP contribution in [-0.4, -0.2) is 16.7 Å². The van der Waals surface area contributed by atoms with Crippen molar-refractivity contribution in [1.82, 2.24) is 15.5 Å². The minimum Gasteiger partial charge on any atom is -0.309 e. The normalized spacial score (nSPS) is 13.8. The number of hydrogen-bond acceptors (Lipinski definition) is 3. The first-order chi connectivity index (χ1) is 11.8. The standard InChI is InChI=1S/C20H16ClN3/c21-17-6-3-14(4-7-17)19-9-11-22-13-16-12-15(5-8-18(16)19)20-2-1-10-23-24-20/h1-10,12,22H,11,13H2. The predicted molar refractivity (Wildman–Crippen MR) is 97.7 cm³/mol. The molecule has 24 heavy (non-hydrogen) atoms. The van der Waals surface area contributed by atoms with Gasteiger partial charge < -0.3 is 5.32 Å². The molecule has 0 saturated carbocycles. The van der Waals surface area contributed by atoms with Crippen LogP contribution in [0.2, 0.25) is 5.02 Å². The van der Waals surface area contributed by atoms with Crippen LogP contribution in [0, 0.1) is 0 Å². The lowest BCUT2D eigenvalue weighted by molar-refractivity contribution is 0.766. The second-order valence-corrected chi connectivity index (χ2v) is 6.17. The molecule has 0 bridgehead atoms. The number of nitrogens with one attached hydrogen (secondary N) is 1. The van der Waals surface area contributed by atoms with E-state index >= 15 is 0 Å². The van der Waals surface area contributed by atoms with Crippen molar-refractivity contribution < 1.29 is 0 Å². The fourth-order valence-corrected chi connectivity index (χ4v) is 3.14. The third-order valence-corrected chi connectivity index (χ3v) is 4.44. The Morgan fingerprint density at radius 3 is 2.58 bits per heavy atom. The van der Waals surface area contributed by atoms with Gasteiger partial charge in [-0.25, -0.2) is 0 Å². The maximum Gasteiger partial charge on any atom is 0.0929 e. The summed E-state index contributed by atoms with van der Waals surface area (Å²) in [6.07, 6.45) is 3.92. The summed E-state index contributed by atoms with van der Waals surface area (Å²) in [5, 5.41) is 12.4. The molecule has 1 N–H and O–H groups in total. The van der Waals surface area contributed by atoms with E-state index in [0.29, 0.717) is 0 Å². The van der Waals surface area contributed by atoms with E-state index < -0.39 is 0 Å². The second-order valence-electron chi connectivity index (χ2n) is 5.74. The summed E-state index contributed by atoms with van der Waals surface area (Å²) in [6.45, 7) is 1.67. The van der Waals surface area contributed by atoms with Gasteiger partial charge in [0.1, 0.15) is 0 Å². The number of rotatable bonds is 2. The van der Waals surface area contributed by atoms with Crippen molar-refractivity contribution in [2.45, 2.75) is 6.54 Å². The van der Waals surface area contributed by atoms with Crippen molar-refractivity contribution in [3.63, 3.8) is 0 Å². The van der Waals surface area contributed by atoms with Crippen molar-refractivity contribution in [2.75, 3.05) is 6.54 Å². The smallest absolute Gasteiger partial charge is 0.0929 e. The summed E-state index contributed by atoms with van der Waals surface area (Å²) in [6, 6.07) is 18.4. The lowest BCUT2D eigenvalue weighted by Gasteiger charge is -2.13. The number of hydrogen-bond donors (Lipinski definition) is 1. The highest BCUT2D eigenvalue weighted by molar-refractivity contribution is 6.30. The van der Waals surface area contributed by atoms with Crippen molar-refractivity contribution in [2.24, 2.45) is 0 Å². The van der Waals surface area contributed by atoms with Crippen LogP contribution in [0.5, 0.6) is 0 Å². The lowest BCUT2D eigenvalue weighted by atomic mass is 9.92. The van der Waals surface area contributed by atoms with Gasteiger partial charge in [0, 0.05) is 29.9 Å². The molecule has 0 unspecified atom stereocenters. The third-order valence-electron chi connectivity index (χ3n) is 4.18. The molecule has 0 spiro atoms. The first kappa shape index (κ1) is 15.1. The Hall–Kier alpha value is -2.49. The first-order valence-corrected chi connectivity index (χ1v) is 8.27. The zero-order valence-corrected chi connectivity index (χ0v) is 13.8. The van der Waals surface area contributed by atoms with Gasteiger partial charge >= 0.3 is 0 Å². The molecule has 4 rings (SSSR count). The summed E-state index contributed by atoms with van der Waals surface area (Å²) in [5.74, 6) is 0. The van der Waals surface area contributed by atoms with Crippen LogP contribution >= 0.6 is 11.6 Å². The van der Waals surface area contributed by atoms with Crippen LogP contribution in [0.15, 0.2) is 66.9 Å². The Morgan fingerprint density at radius 1 is 0.958 bits per heavy atom. The average molecular weight is 334 g/mol. The van der Waals surface area contributed by atoms with Crippen molar-refractivity contribution in [1.29, 1.82) is 0 Å². The van der Waals surface area contributed by atoms with Gasteiger partial charge in [0.2, 0.25) is 0 Å². The highest BCUT2D eigenvalue weighted by atomic mass is 35.5. The van der Waals surface area contributed by atoms with E-state index in [1.165, 1.54) is 22.3 Å². The fourth-order valence-electron chi connectivity index (χ4n) is 3.01. The molecule has 1 aliphatic rings. The van der Waals surface area contributed by atoms with Gasteiger partial charge in [-0.1, -0.05) is 41.9 Å². The van der Waals surface area contributed by atoms with Crippen LogP contribution in [-0.2, 0) is 6.54 Å². The van der Waals surface area contributed by atoms with Crippen molar-refractivity contribution >= 4 is 17.2 Å². The summed E-state index contributed by atoms with van der Waals surface area (Å²) in [5.41, 5.74) is 6.89. The van der Waals surface area contributed by atoms with Crippen LogP contribution in [0.1, 0.15) is 16.7 Å². The zero-order valence-electron chi connectivity index (χ0n) is 13.0. The molecule has 0 saturated heterocycles. The van der Waals surface area contributed by atoms with Crippen molar-refractivity contribution in [3.05, 3.63) is 88.6 Å². The van der Waals surface area contributed by atoms with Gasteiger partial charge in [0.05, 0.1) is 5.69 Å². The number of fused-ring (bicyclic) bond motifs is 1. The molecule has 2 aromatic carbocycles. The van der Waals surface area contributed by atoms with E-state index in [9.17, 15) is 0 Å². The van der Waals surface area contributed by atoms with E-state index in [0.717, 1.165) is 29.4 Å². The van der Waals surface area contributed by atoms with E-state index in [2.05, 4.69) is 51.9 Å². The van der Waals surface area contributed by atoms with E-state index in [4.69, 9.17) is 11.6 Å². The van der Waals surface area contributed by atoms with Crippen LogP contribution in [0.25, 0.3) is 16.8 Å². The summed E-state index contributed by atoms with van der Waals surface area (Å²) >= 11 is 6.03. The third kappa shape index (κ3) is 2.96. The summed E-state index contributed by atoms with van der Waals surface area (Å²) < 4.78 is 0. The first-order valence-electron chi connectivity index (χ1n) is 7.89. The second kappa shape index (κ2) is 6.56. The molecule has 0 radical (unpaired) electrons. The van der Waals surface area contributed by atoms with E-state index in [-0.39, 0.29) is 0 Å². The monoisotopic (exact) mass is 333 g/mol. The molecule has 0 amide bonds. The lowest BCUT2D eigenvalue weighted by Crippen LogP contribution is -2.11. The molecule has 118 valence electrons. The van der Waals surface area contributed by atoms with Gasteiger partial charge in [-0.05, 0) is 52.6 Å². The fraction of sp³-hybridized carbons (Fsp3) is 0.100. The minimum atomic E-state index is 0.754. The van der Waals surface area contributed by atoms with Gasteiger partial charge in [-0.15, -0.1) is 0 Å². The molecule has 2 heterocycles. The molecule has 0 fully saturated rings. The van der Waals surface area contributed by atoms with Gasteiger partial charge in [0.15, 0.2) is 0 Å². The van der Waals surface area contributed by atoms with Gasteiger partial charge in [-0.3, -0.25) is 0 Å². The van der Waals surface area contributed by atoms with E-state index in [1.54, 1.807) is 6.20 Å². The summed E-state index contributed by atoms with van der Waals surface area (Å²) in [7, 11) is 0. The maximum absolute atomic E-state index is 6.03. The van der Waals surface area contributed by atoms with Gasteiger partial charge in [-0.2, -0.15) is 10.2 Å². The Balaban J connectivity index is 1.79. The number of nitrogens with zero attached hydrogens (tertiary/aromatic N) is 2. The molecule has 3 aromatic rings. The minimum absolute atomic E-state index is 0.754. The Labute approximate surface area is 146 Å². The number of aromatic nitrogens is 2. The molecule has 1 aromatic heterocycles. The van der Waals surface area contributed by atoms with E-state index in [1.807, 2.05) is 24.3 Å². The molecule has 4 heteroatoms. The Kier molecular flexibility index (Phi) is 4.11. The highest BCUT2D eigenvalue weighted by Gasteiger charge is 2.14. The molecular formula is C20H16ClN3. The highest BCUT2D eigenvalue weighted by Crippen LogP contribution is 2.31. The SMILES string of the molecule is Clc1ccc(C2=CCNCc3cc(-c4cccnn4)ccc32)cc1. The topological polar surface area (TPSA) is 37.8 Å². The predicted octanol–water partition coefficient (Wildman–Crippen LogP) is 4.33. The van der Waals surface area contributed by atoms with Crippen LogP contribution in [0.3, 0.4) is 0 Å². The molecule has 1 aliphatic heterocycles. The average Bonchev–Trinajstić information content (AvgIpc) is 2.85. The Bertz CT molecular complexity index is 887.